The van der Waals surface area contributed by atoms with E-state index in [0.717, 1.165) is 42.5 Å². The number of rotatable bonds is 8. The molecule has 0 bridgehead atoms. The van der Waals surface area contributed by atoms with Crippen LogP contribution in [0.5, 0.6) is 0 Å². The Kier molecular flexibility index (Phi) is 8.44. The number of nitrogens with two attached hydrogens (primary N) is 1. The zero-order valence-corrected chi connectivity index (χ0v) is 21.7. The number of aromatic nitrogens is 2. The van der Waals surface area contributed by atoms with Crippen LogP contribution in [-0.4, -0.2) is 45.4 Å². The molecule has 7 nitrogen and oxygen atoms in total. The average Bonchev–Trinajstić information content (AvgIpc) is 3.18. The molecule has 0 radical (unpaired) electrons. The molecule has 1 amide bonds. The topological polar surface area (TPSA) is 90.3 Å². The Hall–Kier alpha value is -3.75. The number of benzene rings is 3. The van der Waals surface area contributed by atoms with Gasteiger partial charge in [-0.05, 0) is 80.0 Å². The van der Waals surface area contributed by atoms with Gasteiger partial charge in [0.1, 0.15) is 5.82 Å². The monoisotopic (exact) mass is 536 g/mol. The van der Waals surface area contributed by atoms with Crippen LogP contribution in [0.25, 0.3) is 11.0 Å². The number of ketones is 1. The molecule has 1 fully saturated rings. The molecule has 0 aliphatic carbocycles. The lowest BCUT2D eigenvalue weighted by Gasteiger charge is -2.31. The molecule has 4 aromatic rings. The molecule has 2 heterocycles. The normalized spacial score (nSPS) is 14.3. The van der Waals surface area contributed by atoms with Crippen LogP contribution in [0, 0.1) is 11.7 Å². The molecule has 0 unspecified atom stereocenters. The molecule has 3 aromatic carbocycles. The van der Waals surface area contributed by atoms with Gasteiger partial charge in [-0.25, -0.2) is 9.18 Å². The van der Waals surface area contributed by atoms with E-state index in [9.17, 15) is 18.8 Å². The van der Waals surface area contributed by atoms with Gasteiger partial charge < -0.3 is 10.6 Å². The quantitative estimate of drug-likeness (QED) is 0.343. The number of halogens is 2. The highest BCUT2D eigenvalue weighted by atomic mass is 35.5. The second-order valence-electron chi connectivity index (χ2n) is 9.56. The summed E-state index contributed by atoms with van der Waals surface area (Å²) < 4.78 is 16.7. The number of nitrogens with zero attached hydrogens (tertiary/aromatic N) is 3. The number of primary amides is 1. The molecule has 1 aromatic heterocycles. The Bertz CT molecular complexity index is 1490. The van der Waals surface area contributed by atoms with Gasteiger partial charge in [-0.3, -0.25) is 18.7 Å². The fourth-order valence-corrected chi connectivity index (χ4v) is 5.11. The molecule has 9 heteroatoms. The van der Waals surface area contributed by atoms with E-state index in [4.69, 9.17) is 5.73 Å². The highest BCUT2D eigenvalue weighted by Crippen LogP contribution is 2.22. The number of para-hydroxylation sites is 2. The summed E-state index contributed by atoms with van der Waals surface area (Å²) in [6.45, 7) is 3.19. The fourth-order valence-electron chi connectivity index (χ4n) is 5.11. The van der Waals surface area contributed by atoms with Crippen LogP contribution in [0.2, 0.25) is 0 Å². The van der Waals surface area contributed by atoms with E-state index < -0.39 is 5.91 Å². The number of hydrogen-bond donors (Lipinski definition) is 1. The number of carbonyl (C=O) groups excluding carboxylic acids is 2. The number of Topliss-reactive ketones (excluding diaryl/α,β-unsaturated/α-hetero) is 1. The molecule has 5 rings (SSSR count). The first-order valence-electron chi connectivity index (χ1n) is 12.5. The summed E-state index contributed by atoms with van der Waals surface area (Å²) in [4.78, 5) is 39.9. The van der Waals surface area contributed by atoms with Crippen LogP contribution in [0.15, 0.2) is 77.6 Å². The molecule has 198 valence electrons. The highest BCUT2D eigenvalue weighted by Gasteiger charge is 2.26. The Morgan fingerprint density at radius 1 is 0.816 bits per heavy atom. The third-order valence-electron chi connectivity index (χ3n) is 7.23. The number of likely N-dealkylation sites (tertiary alicyclic amines) is 1. The molecular formula is C29H30ClFN4O3. The van der Waals surface area contributed by atoms with Crippen molar-refractivity contribution in [1.82, 2.24) is 14.0 Å². The largest absolute Gasteiger partial charge is 0.366 e. The van der Waals surface area contributed by atoms with Crippen LogP contribution < -0.4 is 11.4 Å². The van der Waals surface area contributed by atoms with Crippen molar-refractivity contribution in [3.63, 3.8) is 0 Å². The van der Waals surface area contributed by atoms with Gasteiger partial charge in [-0.2, -0.15) is 0 Å². The van der Waals surface area contributed by atoms with Crippen LogP contribution in [-0.2, 0) is 13.1 Å². The second-order valence-corrected chi connectivity index (χ2v) is 9.56. The van der Waals surface area contributed by atoms with Crippen molar-refractivity contribution in [2.75, 3.05) is 19.6 Å². The molecular weight excluding hydrogens is 507 g/mol. The molecule has 1 aliphatic rings. The third-order valence-corrected chi connectivity index (χ3v) is 7.23. The minimum absolute atomic E-state index is 0. The molecule has 0 saturated carbocycles. The molecule has 2 N–H and O–H groups in total. The van der Waals surface area contributed by atoms with Crippen molar-refractivity contribution in [2.45, 2.75) is 25.9 Å². The standard InChI is InChI=1S/C29H29FN4O3.ClH/c30-24-11-9-21(10-12-24)27(35)22-13-15-32(16-14-22)17-18-33-25-3-1-2-4-26(25)34(29(33)37)19-20-5-7-23(8-6-20)28(31)36;/h1-12,22H,13-19H2,(H2,31,36);1H. The maximum absolute atomic E-state index is 13.4. The summed E-state index contributed by atoms with van der Waals surface area (Å²) in [6.07, 6.45) is 1.49. The van der Waals surface area contributed by atoms with Gasteiger partial charge in [0.25, 0.3) is 0 Å². The third kappa shape index (κ3) is 5.71. The number of piperidine rings is 1. The highest BCUT2D eigenvalue weighted by molar-refractivity contribution is 5.97. The number of imidazole rings is 1. The van der Waals surface area contributed by atoms with Gasteiger partial charge in [0, 0.05) is 30.1 Å². The Morgan fingerprint density at radius 2 is 1.39 bits per heavy atom. The smallest absolute Gasteiger partial charge is 0.329 e. The van der Waals surface area contributed by atoms with Crippen molar-refractivity contribution >= 4 is 35.1 Å². The van der Waals surface area contributed by atoms with Gasteiger partial charge in [0.2, 0.25) is 5.91 Å². The summed E-state index contributed by atoms with van der Waals surface area (Å²) in [6, 6.07) is 20.5. The van der Waals surface area contributed by atoms with E-state index in [1.807, 2.05) is 41.0 Å². The predicted octanol–water partition coefficient (Wildman–Crippen LogP) is 4.11. The van der Waals surface area contributed by atoms with Crippen LogP contribution >= 0.6 is 12.4 Å². The number of fused-ring (bicyclic) bond motifs is 1. The van der Waals surface area contributed by atoms with Crippen LogP contribution in [0.4, 0.5) is 4.39 Å². The maximum Gasteiger partial charge on any atom is 0.329 e. The van der Waals surface area contributed by atoms with Crippen molar-refractivity contribution in [3.05, 3.63) is 106 Å². The summed E-state index contributed by atoms with van der Waals surface area (Å²) in [5.41, 5.74) is 8.88. The fraction of sp³-hybridized carbons (Fsp3) is 0.276. The first-order valence-corrected chi connectivity index (χ1v) is 12.5. The average molecular weight is 537 g/mol. The van der Waals surface area contributed by atoms with E-state index in [2.05, 4.69) is 4.90 Å². The minimum Gasteiger partial charge on any atom is -0.366 e. The van der Waals surface area contributed by atoms with Crippen molar-refractivity contribution in [2.24, 2.45) is 11.7 Å². The van der Waals surface area contributed by atoms with Gasteiger partial charge in [-0.1, -0.05) is 24.3 Å². The molecule has 0 atom stereocenters. The zero-order chi connectivity index (χ0) is 25.9. The van der Waals surface area contributed by atoms with Crippen molar-refractivity contribution in [3.8, 4) is 0 Å². The zero-order valence-electron chi connectivity index (χ0n) is 20.9. The first-order chi connectivity index (χ1) is 17.9. The number of hydrogen-bond acceptors (Lipinski definition) is 4. The van der Waals surface area contributed by atoms with Crippen molar-refractivity contribution in [1.29, 1.82) is 0 Å². The van der Waals surface area contributed by atoms with E-state index in [0.29, 0.717) is 30.8 Å². The lowest BCUT2D eigenvalue weighted by molar-refractivity contribution is 0.0837. The molecule has 1 aliphatic heterocycles. The van der Waals surface area contributed by atoms with E-state index >= 15 is 0 Å². The Labute approximate surface area is 226 Å². The minimum atomic E-state index is -0.482. The van der Waals surface area contributed by atoms with Gasteiger partial charge in [0.15, 0.2) is 5.78 Å². The van der Waals surface area contributed by atoms with E-state index in [-0.39, 0.29) is 35.6 Å². The first kappa shape index (κ1) is 27.3. The molecule has 1 saturated heterocycles. The maximum atomic E-state index is 13.4. The summed E-state index contributed by atoms with van der Waals surface area (Å²) >= 11 is 0. The van der Waals surface area contributed by atoms with Crippen LogP contribution in [0.3, 0.4) is 0 Å². The SMILES string of the molecule is Cl.NC(=O)c1ccc(Cn2c(=O)n(CCN3CCC(C(=O)c4ccc(F)cc4)CC3)c3ccccc32)cc1. The second kappa shape index (κ2) is 11.8. The summed E-state index contributed by atoms with van der Waals surface area (Å²) in [7, 11) is 0. The Morgan fingerprint density at radius 3 is 2.00 bits per heavy atom. The van der Waals surface area contributed by atoms with Crippen molar-refractivity contribution < 1.29 is 14.0 Å². The van der Waals surface area contributed by atoms with Gasteiger partial charge >= 0.3 is 5.69 Å². The number of carbonyl (C=O) groups is 2. The summed E-state index contributed by atoms with van der Waals surface area (Å²) in [5.74, 6) is -0.816. The van der Waals surface area contributed by atoms with E-state index in [1.54, 1.807) is 28.8 Å². The lowest BCUT2D eigenvalue weighted by atomic mass is 9.89. The van der Waals surface area contributed by atoms with Gasteiger partial charge in [-0.15, -0.1) is 12.4 Å². The molecule has 38 heavy (non-hydrogen) atoms. The predicted molar refractivity (Wildman–Crippen MR) is 147 cm³/mol. The molecule has 0 spiro atoms. The number of amides is 1. The lowest BCUT2D eigenvalue weighted by Crippen LogP contribution is -2.39. The van der Waals surface area contributed by atoms with Crippen LogP contribution in [0.1, 0.15) is 39.1 Å². The van der Waals surface area contributed by atoms with Gasteiger partial charge in [0.05, 0.1) is 17.6 Å². The van der Waals surface area contributed by atoms with E-state index in [1.165, 1.54) is 12.1 Å². The summed E-state index contributed by atoms with van der Waals surface area (Å²) in [5, 5.41) is 0. The Balaban J connectivity index is 0.00000336.